The first kappa shape index (κ1) is 25.2. The first-order valence-electron chi connectivity index (χ1n) is 11.6. The predicted molar refractivity (Wildman–Crippen MR) is 128 cm³/mol. The number of rotatable bonds is 7. The highest BCUT2D eigenvalue weighted by molar-refractivity contribution is 5.96. The summed E-state index contributed by atoms with van der Waals surface area (Å²) in [6.45, 7) is 1.27. The second-order valence-electron chi connectivity index (χ2n) is 8.62. The molecule has 1 aromatic heterocycles. The monoisotopic (exact) mass is 497 g/mol. The molecule has 1 unspecified atom stereocenters. The van der Waals surface area contributed by atoms with Gasteiger partial charge in [0.1, 0.15) is 0 Å². The van der Waals surface area contributed by atoms with E-state index < -0.39 is 29.5 Å². The molecule has 1 saturated heterocycles. The molecular formula is C26H26F3N5O2. The van der Waals surface area contributed by atoms with Crippen LogP contribution in [0.3, 0.4) is 0 Å². The van der Waals surface area contributed by atoms with Gasteiger partial charge in [0, 0.05) is 26.2 Å². The number of carbonyl (C=O) groups excluding carboxylic acids is 2. The molecule has 0 radical (unpaired) electrons. The Balaban J connectivity index is 1.38. The van der Waals surface area contributed by atoms with Crippen LogP contribution in [0.25, 0.3) is 0 Å². The zero-order valence-corrected chi connectivity index (χ0v) is 19.5. The third-order valence-electron chi connectivity index (χ3n) is 6.29. The molecule has 4 rings (SSSR count). The van der Waals surface area contributed by atoms with Gasteiger partial charge in [-0.25, -0.2) is 0 Å². The first-order valence-corrected chi connectivity index (χ1v) is 11.6. The maximum Gasteiger partial charge on any atom is 0.417 e. The molecule has 2 aromatic carbocycles. The van der Waals surface area contributed by atoms with Gasteiger partial charge in [-0.05, 0) is 42.7 Å². The van der Waals surface area contributed by atoms with E-state index in [9.17, 15) is 22.8 Å². The minimum Gasteiger partial charge on any atom is -0.369 e. The van der Waals surface area contributed by atoms with Gasteiger partial charge >= 0.3 is 6.18 Å². The number of halogens is 3. The number of aromatic nitrogens is 2. The number of carbonyl (C=O) groups is 2. The van der Waals surface area contributed by atoms with E-state index in [0.29, 0.717) is 37.4 Å². The van der Waals surface area contributed by atoms with Crippen molar-refractivity contribution in [1.82, 2.24) is 15.1 Å². The van der Waals surface area contributed by atoms with Crippen LogP contribution in [0.4, 0.5) is 19.0 Å². The van der Waals surface area contributed by atoms with Crippen LogP contribution < -0.4 is 10.6 Å². The van der Waals surface area contributed by atoms with Crippen molar-refractivity contribution in [2.24, 2.45) is 5.73 Å². The first-order chi connectivity index (χ1) is 17.2. The Morgan fingerprint density at radius 2 is 1.56 bits per heavy atom. The van der Waals surface area contributed by atoms with Gasteiger partial charge in [0.15, 0.2) is 5.82 Å². The number of benzene rings is 2. The third-order valence-corrected chi connectivity index (χ3v) is 6.29. The summed E-state index contributed by atoms with van der Waals surface area (Å²) in [4.78, 5) is 28.2. The molecule has 2 amide bonds. The van der Waals surface area contributed by atoms with Gasteiger partial charge in [-0.2, -0.15) is 18.3 Å². The van der Waals surface area contributed by atoms with Crippen molar-refractivity contribution in [3.05, 3.63) is 89.1 Å². The van der Waals surface area contributed by atoms with Gasteiger partial charge in [0.05, 0.1) is 22.7 Å². The highest BCUT2D eigenvalue weighted by Gasteiger charge is 2.36. The van der Waals surface area contributed by atoms with E-state index in [2.05, 4.69) is 10.2 Å². The molecule has 1 aliphatic rings. The lowest BCUT2D eigenvalue weighted by Crippen LogP contribution is -2.49. The van der Waals surface area contributed by atoms with Gasteiger partial charge in [-0.15, -0.1) is 5.10 Å². The summed E-state index contributed by atoms with van der Waals surface area (Å²) in [5.41, 5.74) is 5.91. The van der Waals surface area contributed by atoms with Crippen LogP contribution in [0.1, 0.15) is 39.5 Å². The van der Waals surface area contributed by atoms with Crippen LogP contribution in [-0.4, -0.2) is 53.1 Å². The number of aryl methyl sites for hydroxylation is 1. The van der Waals surface area contributed by atoms with Crippen LogP contribution in [-0.2, 0) is 17.4 Å². The third kappa shape index (κ3) is 5.81. The van der Waals surface area contributed by atoms with E-state index in [1.54, 1.807) is 12.1 Å². The average molecular weight is 498 g/mol. The summed E-state index contributed by atoms with van der Waals surface area (Å²) in [5, 5.41) is 8.48. The van der Waals surface area contributed by atoms with Crippen LogP contribution in [0.5, 0.6) is 0 Å². The quantitative estimate of drug-likeness (QED) is 0.538. The Hall–Kier alpha value is -3.95. The van der Waals surface area contributed by atoms with E-state index >= 15 is 0 Å². The number of anilines is 1. The number of nitrogens with two attached hydrogens (primary N) is 1. The number of hydrogen-bond acceptors (Lipinski definition) is 5. The largest absolute Gasteiger partial charge is 0.417 e. The zero-order valence-electron chi connectivity index (χ0n) is 19.5. The molecule has 2 N–H and O–H groups in total. The van der Waals surface area contributed by atoms with Crippen molar-refractivity contribution in [1.29, 1.82) is 0 Å². The van der Waals surface area contributed by atoms with E-state index in [4.69, 9.17) is 5.73 Å². The fourth-order valence-electron chi connectivity index (χ4n) is 4.31. The summed E-state index contributed by atoms with van der Waals surface area (Å²) in [7, 11) is 0. The van der Waals surface area contributed by atoms with Crippen molar-refractivity contribution < 1.29 is 22.8 Å². The summed E-state index contributed by atoms with van der Waals surface area (Å²) in [6, 6.07) is 18.1. The van der Waals surface area contributed by atoms with E-state index in [-0.39, 0.29) is 18.7 Å². The molecule has 36 heavy (non-hydrogen) atoms. The predicted octanol–water partition coefficient (Wildman–Crippen LogP) is 3.66. The standard InChI is InChI=1S/C26H26F3N5O2/c27-26(28,29)21-9-5-4-8-19(21)25(36)34-16-14-33(15-17-34)23-13-12-22(31-32-23)20(24(30)35)11-10-18-6-2-1-3-7-18/h1-9,12-13,20H,10-11,14-17H2,(H2,30,35). The molecule has 0 bridgehead atoms. The summed E-state index contributed by atoms with van der Waals surface area (Å²) in [6.07, 6.45) is -3.42. The summed E-state index contributed by atoms with van der Waals surface area (Å²) < 4.78 is 39.9. The van der Waals surface area contributed by atoms with Crippen LogP contribution in [0, 0.1) is 0 Å². The number of amides is 2. The van der Waals surface area contributed by atoms with Crippen molar-refractivity contribution in [2.45, 2.75) is 24.9 Å². The van der Waals surface area contributed by atoms with Gasteiger partial charge in [0.2, 0.25) is 5.91 Å². The molecule has 1 aliphatic heterocycles. The molecule has 1 fully saturated rings. The highest BCUT2D eigenvalue weighted by atomic mass is 19.4. The molecule has 2 heterocycles. The Labute approximate surface area is 206 Å². The van der Waals surface area contributed by atoms with Gasteiger partial charge in [-0.1, -0.05) is 42.5 Å². The van der Waals surface area contributed by atoms with Crippen LogP contribution in [0.2, 0.25) is 0 Å². The Kier molecular flexibility index (Phi) is 7.52. The van der Waals surface area contributed by atoms with Crippen molar-refractivity contribution in [2.75, 3.05) is 31.1 Å². The second kappa shape index (κ2) is 10.8. The Bertz CT molecular complexity index is 1190. The fourth-order valence-corrected chi connectivity index (χ4v) is 4.31. The Morgan fingerprint density at radius 1 is 0.889 bits per heavy atom. The molecule has 1 atom stereocenters. The Morgan fingerprint density at radius 3 is 2.17 bits per heavy atom. The fraction of sp³-hybridized carbons (Fsp3) is 0.308. The van der Waals surface area contributed by atoms with E-state index in [1.165, 1.54) is 23.1 Å². The van der Waals surface area contributed by atoms with Crippen molar-refractivity contribution in [3.63, 3.8) is 0 Å². The average Bonchev–Trinajstić information content (AvgIpc) is 2.89. The topological polar surface area (TPSA) is 92.4 Å². The maximum atomic E-state index is 13.3. The van der Waals surface area contributed by atoms with Gasteiger partial charge < -0.3 is 15.5 Å². The van der Waals surface area contributed by atoms with Crippen LogP contribution in [0.15, 0.2) is 66.7 Å². The number of nitrogens with zero attached hydrogens (tertiary/aromatic N) is 4. The second-order valence-corrected chi connectivity index (χ2v) is 8.62. The molecular weight excluding hydrogens is 471 g/mol. The van der Waals surface area contributed by atoms with E-state index in [0.717, 1.165) is 11.6 Å². The molecule has 188 valence electrons. The lowest BCUT2D eigenvalue weighted by Gasteiger charge is -2.35. The lowest BCUT2D eigenvalue weighted by molar-refractivity contribution is -0.138. The normalized spacial score (nSPS) is 15.0. The lowest BCUT2D eigenvalue weighted by atomic mass is 9.95. The van der Waals surface area contributed by atoms with Gasteiger partial charge in [-0.3, -0.25) is 9.59 Å². The SMILES string of the molecule is NC(=O)C(CCc1ccccc1)c1ccc(N2CCN(C(=O)c3ccccc3C(F)(F)F)CC2)nn1. The molecule has 10 heteroatoms. The smallest absolute Gasteiger partial charge is 0.369 e. The van der Waals surface area contributed by atoms with Crippen molar-refractivity contribution >= 4 is 17.6 Å². The molecule has 0 aliphatic carbocycles. The van der Waals surface area contributed by atoms with E-state index in [1.807, 2.05) is 35.2 Å². The molecule has 3 aromatic rings. The minimum atomic E-state index is -4.60. The molecule has 0 saturated carbocycles. The number of primary amides is 1. The van der Waals surface area contributed by atoms with Crippen molar-refractivity contribution in [3.8, 4) is 0 Å². The number of piperazine rings is 1. The number of hydrogen-bond donors (Lipinski definition) is 1. The zero-order chi connectivity index (χ0) is 25.7. The summed E-state index contributed by atoms with van der Waals surface area (Å²) in [5.74, 6) is -1.13. The molecule has 0 spiro atoms. The minimum absolute atomic E-state index is 0.245. The highest BCUT2D eigenvalue weighted by Crippen LogP contribution is 2.32. The molecule has 7 nitrogen and oxygen atoms in total. The summed E-state index contributed by atoms with van der Waals surface area (Å²) >= 11 is 0. The van der Waals surface area contributed by atoms with Crippen LogP contribution >= 0.6 is 0 Å². The number of alkyl halides is 3. The maximum absolute atomic E-state index is 13.3. The van der Waals surface area contributed by atoms with Gasteiger partial charge in [0.25, 0.3) is 5.91 Å².